The molecule has 0 radical (unpaired) electrons. The molecule has 1 amide bonds. The number of methoxy groups -OCH3 is 1. The highest BCUT2D eigenvalue weighted by molar-refractivity contribution is 7.71. The van der Waals surface area contributed by atoms with Crippen LogP contribution in [-0.4, -0.2) is 39.0 Å². The lowest BCUT2D eigenvalue weighted by molar-refractivity contribution is -0.117. The van der Waals surface area contributed by atoms with Gasteiger partial charge in [0.1, 0.15) is 11.6 Å². The standard InChI is InChI=1S/C19H26N6O2S/c1-12(2)25-17(22-23-19(25)28)11-21-18(26)16(10-20)9-15-8-13(3)24(14(15)4)6-7-27-5/h8-9,12H,6-7,11H2,1-5H3,(H,21,26)(H,23,28)/b16-9-. The van der Waals surface area contributed by atoms with E-state index in [4.69, 9.17) is 17.0 Å². The van der Waals surface area contributed by atoms with Crippen molar-refractivity contribution in [1.82, 2.24) is 24.6 Å². The lowest BCUT2D eigenvalue weighted by atomic mass is 10.1. The monoisotopic (exact) mass is 402 g/mol. The fourth-order valence-corrected chi connectivity index (χ4v) is 3.42. The van der Waals surface area contributed by atoms with Crippen molar-refractivity contribution >= 4 is 24.2 Å². The molecule has 0 spiro atoms. The average Bonchev–Trinajstić information content (AvgIpc) is 3.15. The van der Waals surface area contributed by atoms with Crippen LogP contribution >= 0.6 is 12.2 Å². The number of H-pyrrole nitrogens is 1. The first kappa shape index (κ1) is 21.6. The number of rotatable bonds is 8. The highest BCUT2D eigenvalue weighted by atomic mass is 32.1. The summed E-state index contributed by atoms with van der Waals surface area (Å²) in [7, 11) is 1.66. The van der Waals surface area contributed by atoms with Crippen molar-refractivity contribution in [1.29, 1.82) is 5.26 Å². The van der Waals surface area contributed by atoms with Crippen molar-refractivity contribution in [3.8, 4) is 6.07 Å². The third-order valence-electron chi connectivity index (χ3n) is 4.50. The van der Waals surface area contributed by atoms with Crippen LogP contribution in [0.25, 0.3) is 6.08 Å². The second-order valence-corrected chi connectivity index (χ2v) is 7.12. The van der Waals surface area contributed by atoms with E-state index < -0.39 is 5.91 Å². The molecule has 0 saturated carbocycles. The third-order valence-corrected chi connectivity index (χ3v) is 4.79. The average molecular weight is 403 g/mol. The number of carbonyl (C=O) groups excluding carboxylic acids is 1. The molecule has 0 atom stereocenters. The molecule has 28 heavy (non-hydrogen) atoms. The maximum Gasteiger partial charge on any atom is 0.262 e. The molecule has 0 bridgehead atoms. The molecule has 150 valence electrons. The lowest BCUT2D eigenvalue weighted by Crippen LogP contribution is -2.26. The molecule has 0 aromatic carbocycles. The Hall–Kier alpha value is -2.70. The van der Waals surface area contributed by atoms with Crippen LogP contribution in [0.1, 0.15) is 42.7 Å². The van der Waals surface area contributed by atoms with E-state index in [1.807, 2.05) is 44.4 Å². The first-order valence-electron chi connectivity index (χ1n) is 9.01. The molecule has 2 N–H and O–H groups in total. The highest BCUT2D eigenvalue weighted by Gasteiger charge is 2.15. The fraction of sp³-hybridized carbons (Fsp3) is 0.474. The number of nitrogens with zero attached hydrogens (tertiary/aromatic N) is 4. The van der Waals surface area contributed by atoms with Crippen LogP contribution in [-0.2, 0) is 22.6 Å². The fourth-order valence-electron chi connectivity index (χ4n) is 3.05. The largest absolute Gasteiger partial charge is 0.383 e. The van der Waals surface area contributed by atoms with Crippen LogP contribution in [0.4, 0.5) is 0 Å². The minimum Gasteiger partial charge on any atom is -0.383 e. The molecule has 2 aromatic rings. The van der Waals surface area contributed by atoms with Gasteiger partial charge in [0.05, 0.1) is 13.2 Å². The van der Waals surface area contributed by atoms with Crippen LogP contribution in [0.15, 0.2) is 11.6 Å². The molecule has 2 aromatic heterocycles. The van der Waals surface area contributed by atoms with E-state index in [2.05, 4.69) is 20.1 Å². The van der Waals surface area contributed by atoms with Gasteiger partial charge < -0.3 is 19.2 Å². The number of aromatic nitrogens is 4. The van der Waals surface area contributed by atoms with E-state index >= 15 is 0 Å². The highest BCUT2D eigenvalue weighted by Crippen LogP contribution is 2.18. The number of hydrogen-bond acceptors (Lipinski definition) is 5. The van der Waals surface area contributed by atoms with Crippen LogP contribution in [0.3, 0.4) is 0 Å². The van der Waals surface area contributed by atoms with Crippen LogP contribution in [0.2, 0.25) is 0 Å². The van der Waals surface area contributed by atoms with Gasteiger partial charge in [0.2, 0.25) is 0 Å². The Morgan fingerprint density at radius 3 is 2.82 bits per heavy atom. The predicted molar refractivity (Wildman–Crippen MR) is 109 cm³/mol. The number of carbonyl (C=O) groups is 1. The normalized spacial score (nSPS) is 11.7. The number of amides is 1. The van der Waals surface area contributed by atoms with Gasteiger partial charge in [0.25, 0.3) is 5.91 Å². The zero-order valence-electron chi connectivity index (χ0n) is 16.9. The van der Waals surface area contributed by atoms with Crippen LogP contribution in [0, 0.1) is 29.9 Å². The van der Waals surface area contributed by atoms with Crippen molar-refractivity contribution in [2.24, 2.45) is 0 Å². The minimum atomic E-state index is -0.451. The van der Waals surface area contributed by atoms with Gasteiger partial charge in [-0.15, -0.1) is 0 Å². The van der Waals surface area contributed by atoms with Crippen LogP contribution in [0.5, 0.6) is 0 Å². The SMILES string of the molecule is COCCn1c(C)cc(/C=C(/C#N)C(=O)NCc2n[nH]c(=S)n2C(C)C)c1C. The Morgan fingerprint density at radius 1 is 1.50 bits per heavy atom. The molecular weight excluding hydrogens is 376 g/mol. The molecule has 0 aliphatic carbocycles. The predicted octanol–water partition coefficient (Wildman–Crippen LogP) is 2.81. The molecule has 2 rings (SSSR count). The Bertz CT molecular complexity index is 974. The summed E-state index contributed by atoms with van der Waals surface area (Å²) in [5.41, 5.74) is 2.91. The quantitative estimate of drug-likeness (QED) is 0.402. The first-order valence-corrected chi connectivity index (χ1v) is 9.42. The van der Waals surface area contributed by atoms with E-state index in [1.54, 1.807) is 13.2 Å². The molecule has 0 aliphatic rings. The Balaban J connectivity index is 2.18. The number of aryl methyl sites for hydroxylation is 1. The summed E-state index contributed by atoms with van der Waals surface area (Å²) in [6, 6.07) is 4.06. The van der Waals surface area contributed by atoms with Gasteiger partial charge in [0, 0.05) is 31.1 Å². The maximum atomic E-state index is 12.5. The van der Waals surface area contributed by atoms with Crippen molar-refractivity contribution in [2.75, 3.05) is 13.7 Å². The summed E-state index contributed by atoms with van der Waals surface area (Å²) >= 11 is 5.21. The van der Waals surface area contributed by atoms with Crippen molar-refractivity contribution in [3.05, 3.63) is 39.2 Å². The molecule has 0 unspecified atom stereocenters. The summed E-state index contributed by atoms with van der Waals surface area (Å²) in [6.07, 6.45) is 1.61. The Kier molecular flexibility index (Phi) is 7.31. The van der Waals surface area contributed by atoms with Crippen molar-refractivity contribution < 1.29 is 9.53 Å². The van der Waals surface area contributed by atoms with E-state index in [9.17, 15) is 10.1 Å². The summed E-state index contributed by atoms with van der Waals surface area (Å²) in [6.45, 7) is 9.40. The zero-order valence-corrected chi connectivity index (χ0v) is 17.7. The van der Waals surface area contributed by atoms with Gasteiger partial charge in [-0.2, -0.15) is 10.4 Å². The molecule has 0 aliphatic heterocycles. The van der Waals surface area contributed by atoms with Gasteiger partial charge in [-0.25, -0.2) is 0 Å². The summed E-state index contributed by atoms with van der Waals surface area (Å²) in [4.78, 5) is 12.5. The Labute approximate surface area is 169 Å². The number of ether oxygens (including phenoxy) is 1. The second kappa shape index (κ2) is 9.48. The smallest absolute Gasteiger partial charge is 0.262 e. The molecule has 0 fully saturated rings. The molecule has 9 heteroatoms. The maximum absolute atomic E-state index is 12.5. The first-order chi connectivity index (χ1) is 13.3. The van der Waals surface area contributed by atoms with E-state index in [-0.39, 0.29) is 18.2 Å². The van der Waals surface area contributed by atoms with Gasteiger partial charge in [-0.3, -0.25) is 9.89 Å². The van der Waals surface area contributed by atoms with Crippen LogP contribution < -0.4 is 5.32 Å². The molecule has 8 nitrogen and oxygen atoms in total. The van der Waals surface area contributed by atoms with Gasteiger partial charge in [0.15, 0.2) is 10.6 Å². The second-order valence-electron chi connectivity index (χ2n) is 6.73. The van der Waals surface area contributed by atoms with Gasteiger partial charge >= 0.3 is 0 Å². The van der Waals surface area contributed by atoms with E-state index in [0.29, 0.717) is 23.7 Å². The van der Waals surface area contributed by atoms with Gasteiger partial charge in [-0.05, 0) is 57.6 Å². The van der Waals surface area contributed by atoms with Crippen molar-refractivity contribution in [2.45, 2.75) is 46.8 Å². The minimum absolute atomic E-state index is 0.0391. The zero-order chi connectivity index (χ0) is 20.8. The molecule has 0 saturated heterocycles. The summed E-state index contributed by atoms with van der Waals surface area (Å²) in [5, 5.41) is 19.1. The number of hydrogen-bond donors (Lipinski definition) is 2. The van der Waals surface area contributed by atoms with E-state index in [0.717, 1.165) is 17.0 Å². The topological polar surface area (TPSA) is 101 Å². The number of aromatic amines is 1. The van der Waals surface area contributed by atoms with Crippen molar-refractivity contribution in [3.63, 3.8) is 0 Å². The number of nitriles is 1. The lowest BCUT2D eigenvalue weighted by Gasteiger charge is -2.11. The number of nitrogens with one attached hydrogen (secondary N) is 2. The van der Waals surface area contributed by atoms with E-state index in [1.165, 1.54) is 0 Å². The summed E-state index contributed by atoms with van der Waals surface area (Å²) in [5.74, 6) is 0.164. The third kappa shape index (κ3) is 4.77. The Morgan fingerprint density at radius 2 is 2.21 bits per heavy atom. The molecule has 2 heterocycles. The van der Waals surface area contributed by atoms with Gasteiger partial charge in [-0.1, -0.05) is 0 Å². The summed E-state index contributed by atoms with van der Waals surface area (Å²) < 4.78 is 9.56. The molecular formula is C19H26N6O2S.